The number of rotatable bonds is 6. The summed E-state index contributed by atoms with van der Waals surface area (Å²) in [7, 11) is 0. The van der Waals surface area contributed by atoms with Crippen LogP contribution in [0.15, 0.2) is 0 Å². The van der Waals surface area contributed by atoms with Gasteiger partial charge < -0.3 is 19.1 Å². The summed E-state index contributed by atoms with van der Waals surface area (Å²) in [6.07, 6.45) is 1.12. The van der Waals surface area contributed by atoms with Crippen LogP contribution in [0.4, 0.5) is 0 Å². The van der Waals surface area contributed by atoms with Crippen LogP contribution in [0, 0.1) is 0 Å². The van der Waals surface area contributed by atoms with Gasteiger partial charge in [0, 0.05) is 13.2 Å². The Balaban J connectivity index is 0. The summed E-state index contributed by atoms with van der Waals surface area (Å²) < 4.78 is 10.1. The largest absolute Gasteiger partial charge is 0.353 e. The molecule has 0 heterocycles. The summed E-state index contributed by atoms with van der Waals surface area (Å²) in [6.45, 7) is 7.25. The molecule has 0 aliphatic rings. The Hall–Kier alpha value is -0.740. The van der Waals surface area contributed by atoms with Gasteiger partial charge in [0.2, 0.25) is 0 Å². The van der Waals surface area contributed by atoms with Crippen molar-refractivity contribution in [3.05, 3.63) is 0 Å². The van der Waals surface area contributed by atoms with Gasteiger partial charge in [0.15, 0.2) is 6.29 Å². The fraction of sp³-hybridized carbons (Fsp3) is 0.778. The second-order valence-corrected chi connectivity index (χ2v) is 2.05. The van der Waals surface area contributed by atoms with E-state index in [2.05, 4.69) is 0 Å². The molecular weight excluding hydrogens is 172 g/mol. The maximum atomic E-state index is 9.17. The van der Waals surface area contributed by atoms with Crippen LogP contribution >= 0.6 is 0 Å². The van der Waals surface area contributed by atoms with E-state index in [0.717, 1.165) is 13.2 Å². The standard InChI is InChI=1S/C6H14O2.C3H4O2/c1-4-7-6(3)8-5-2;4-2-1-3-5/h6H,4-5H2,1-3H3;2-3H,1H2. The van der Waals surface area contributed by atoms with E-state index in [1.165, 1.54) is 0 Å². The molecule has 0 rings (SSSR count). The van der Waals surface area contributed by atoms with Gasteiger partial charge in [0.05, 0.1) is 6.42 Å². The van der Waals surface area contributed by atoms with E-state index in [9.17, 15) is 9.59 Å². The highest BCUT2D eigenvalue weighted by molar-refractivity contribution is 5.72. The quantitative estimate of drug-likeness (QED) is 0.358. The molecular formula is C9H18O4. The molecule has 0 aliphatic heterocycles. The number of aldehydes is 2. The highest BCUT2D eigenvalue weighted by atomic mass is 16.7. The first-order valence-corrected chi connectivity index (χ1v) is 4.33. The number of carbonyl (C=O) groups is 2. The Labute approximate surface area is 79.2 Å². The fourth-order valence-corrected chi connectivity index (χ4v) is 0.557. The van der Waals surface area contributed by atoms with Crippen LogP contribution in [0.25, 0.3) is 0 Å². The number of carbonyl (C=O) groups excluding carboxylic acids is 2. The lowest BCUT2D eigenvalue weighted by atomic mass is 10.6. The Morgan fingerprint density at radius 3 is 1.62 bits per heavy atom. The first-order valence-electron chi connectivity index (χ1n) is 4.33. The van der Waals surface area contributed by atoms with Crippen LogP contribution < -0.4 is 0 Å². The molecule has 13 heavy (non-hydrogen) atoms. The first kappa shape index (κ1) is 14.8. The third kappa shape index (κ3) is 18.3. The number of hydrogen-bond donors (Lipinski definition) is 0. The lowest BCUT2D eigenvalue weighted by molar-refractivity contribution is -0.123. The summed E-state index contributed by atoms with van der Waals surface area (Å²) in [5.41, 5.74) is 0. The lowest BCUT2D eigenvalue weighted by Crippen LogP contribution is -2.11. The molecule has 4 heteroatoms. The maximum Gasteiger partial charge on any atom is 0.154 e. The van der Waals surface area contributed by atoms with E-state index in [4.69, 9.17) is 9.47 Å². The van der Waals surface area contributed by atoms with Crippen LogP contribution in [0.5, 0.6) is 0 Å². The van der Waals surface area contributed by atoms with Crippen molar-refractivity contribution in [2.45, 2.75) is 33.5 Å². The van der Waals surface area contributed by atoms with Crippen molar-refractivity contribution in [1.82, 2.24) is 0 Å². The van der Waals surface area contributed by atoms with E-state index in [-0.39, 0.29) is 12.7 Å². The Morgan fingerprint density at radius 1 is 1.08 bits per heavy atom. The molecule has 0 aromatic rings. The van der Waals surface area contributed by atoms with Gasteiger partial charge in [-0.2, -0.15) is 0 Å². The van der Waals surface area contributed by atoms with Crippen molar-refractivity contribution < 1.29 is 19.1 Å². The van der Waals surface area contributed by atoms with Gasteiger partial charge in [0.1, 0.15) is 12.6 Å². The van der Waals surface area contributed by atoms with E-state index in [1.807, 2.05) is 20.8 Å². The summed E-state index contributed by atoms with van der Waals surface area (Å²) in [6, 6.07) is 0. The van der Waals surface area contributed by atoms with Gasteiger partial charge in [-0.3, -0.25) is 0 Å². The number of hydrogen-bond acceptors (Lipinski definition) is 4. The predicted molar refractivity (Wildman–Crippen MR) is 49.5 cm³/mol. The normalized spacial score (nSPS) is 8.92. The molecule has 0 aromatic heterocycles. The zero-order valence-corrected chi connectivity index (χ0v) is 8.49. The van der Waals surface area contributed by atoms with Gasteiger partial charge in [-0.1, -0.05) is 0 Å². The Kier molecular flexibility index (Phi) is 15.7. The van der Waals surface area contributed by atoms with Crippen molar-refractivity contribution in [2.75, 3.05) is 13.2 Å². The zero-order chi connectivity index (χ0) is 10.5. The molecule has 0 saturated heterocycles. The van der Waals surface area contributed by atoms with Gasteiger partial charge in [-0.05, 0) is 20.8 Å². The van der Waals surface area contributed by atoms with E-state index in [0.29, 0.717) is 12.6 Å². The van der Waals surface area contributed by atoms with Crippen LogP contribution in [0.3, 0.4) is 0 Å². The molecule has 0 N–H and O–H groups in total. The molecule has 0 aromatic carbocycles. The smallest absolute Gasteiger partial charge is 0.154 e. The van der Waals surface area contributed by atoms with Crippen LogP contribution in [0.2, 0.25) is 0 Å². The first-order chi connectivity index (χ1) is 6.22. The summed E-state index contributed by atoms with van der Waals surface area (Å²) in [4.78, 5) is 18.3. The molecule has 78 valence electrons. The van der Waals surface area contributed by atoms with Gasteiger partial charge >= 0.3 is 0 Å². The minimum Gasteiger partial charge on any atom is -0.353 e. The van der Waals surface area contributed by atoms with Crippen molar-refractivity contribution in [1.29, 1.82) is 0 Å². The molecule has 0 aliphatic carbocycles. The molecule has 0 amide bonds. The van der Waals surface area contributed by atoms with Crippen molar-refractivity contribution in [3.63, 3.8) is 0 Å². The van der Waals surface area contributed by atoms with Crippen molar-refractivity contribution >= 4 is 12.6 Å². The molecule has 0 unspecified atom stereocenters. The van der Waals surface area contributed by atoms with E-state index < -0.39 is 0 Å². The maximum absolute atomic E-state index is 9.17. The van der Waals surface area contributed by atoms with Crippen LogP contribution in [0.1, 0.15) is 27.2 Å². The summed E-state index contributed by atoms with van der Waals surface area (Å²) in [5.74, 6) is 0. The SMILES string of the molecule is CCOC(C)OCC.O=CCC=O. The highest BCUT2D eigenvalue weighted by Crippen LogP contribution is 1.90. The lowest BCUT2D eigenvalue weighted by Gasteiger charge is -2.09. The fourth-order valence-electron chi connectivity index (χ4n) is 0.557. The molecule has 0 radical (unpaired) electrons. The monoisotopic (exact) mass is 190 g/mol. The van der Waals surface area contributed by atoms with Crippen molar-refractivity contribution in [3.8, 4) is 0 Å². The Bertz CT molecular complexity index is 102. The average Bonchev–Trinajstić information content (AvgIpc) is 2.08. The van der Waals surface area contributed by atoms with Gasteiger partial charge in [0.25, 0.3) is 0 Å². The average molecular weight is 190 g/mol. The minimum absolute atomic E-state index is 0.0278. The van der Waals surface area contributed by atoms with Crippen LogP contribution in [-0.4, -0.2) is 32.1 Å². The predicted octanol–water partition coefficient (Wildman–Crippen LogP) is 1.18. The second kappa shape index (κ2) is 13.8. The molecule has 0 atom stereocenters. The molecule has 0 fully saturated rings. The Morgan fingerprint density at radius 2 is 1.46 bits per heavy atom. The topological polar surface area (TPSA) is 52.6 Å². The molecule has 0 spiro atoms. The third-order valence-electron chi connectivity index (χ3n) is 0.995. The van der Waals surface area contributed by atoms with Crippen molar-refractivity contribution in [2.24, 2.45) is 0 Å². The van der Waals surface area contributed by atoms with Gasteiger partial charge in [-0.25, -0.2) is 0 Å². The molecule has 0 saturated carbocycles. The molecule has 4 nitrogen and oxygen atoms in total. The van der Waals surface area contributed by atoms with Crippen LogP contribution in [-0.2, 0) is 19.1 Å². The number of ether oxygens (including phenoxy) is 2. The van der Waals surface area contributed by atoms with Gasteiger partial charge in [-0.15, -0.1) is 0 Å². The zero-order valence-electron chi connectivity index (χ0n) is 8.49. The third-order valence-corrected chi connectivity index (χ3v) is 0.995. The minimum atomic E-state index is -0.0370. The van der Waals surface area contributed by atoms with E-state index in [1.54, 1.807) is 0 Å². The van der Waals surface area contributed by atoms with E-state index >= 15 is 0 Å². The highest BCUT2D eigenvalue weighted by Gasteiger charge is 1.94. The second-order valence-electron chi connectivity index (χ2n) is 2.05. The summed E-state index contributed by atoms with van der Waals surface area (Å²) >= 11 is 0. The summed E-state index contributed by atoms with van der Waals surface area (Å²) in [5, 5.41) is 0. The molecule has 0 bridgehead atoms.